The van der Waals surface area contributed by atoms with Gasteiger partial charge in [-0.25, -0.2) is 10.1 Å². The van der Waals surface area contributed by atoms with Gasteiger partial charge >= 0.3 is 5.91 Å². The van der Waals surface area contributed by atoms with Crippen LogP contribution >= 0.6 is 11.6 Å². The van der Waals surface area contributed by atoms with Crippen LogP contribution in [0.2, 0.25) is 5.02 Å². The number of benzene rings is 2. The highest BCUT2D eigenvalue weighted by Crippen LogP contribution is 2.33. The van der Waals surface area contributed by atoms with Gasteiger partial charge in [-0.1, -0.05) is 11.6 Å². The first-order valence-electron chi connectivity index (χ1n) is 11.7. The number of aliphatic hydroxyl groups is 1. The van der Waals surface area contributed by atoms with Crippen LogP contribution < -0.4 is 25.5 Å². The van der Waals surface area contributed by atoms with Crippen LogP contribution in [0.3, 0.4) is 0 Å². The highest BCUT2D eigenvalue weighted by molar-refractivity contribution is 6.32. The number of hydrogen-bond donors (Lipinski definition) is 4. The summed E-state index contributed by atoms with van der Waals surface area (Å²) in [6, 6.07) is 9.67. The third-order valence-corrected chi connectivity index (χ3v) is 5.53. The van der Waals surface area contributed by atoms with E-state index < -0.39 is 12.0 Å². The number of nitrogens with zero attached hydrogens (tertiary/aromatic N) is 1. The molecule has 0 aliphatic carbocycles. The molecule has 1 heterocycles. The van der Waals surface area contributed by atoms with Gasteiger partial charge in [0, 0.05) is 43.0 Å². The molecule has 3 rings (SSSR count). The Morgan fingerprint density at radius 3 is 2.47 bits per heavy atom. The zero-order chi connectivity index (χ0) is 26.2. The molecule has 2 aromatic rings. The molecule has 5 N–H and O–H groups in total. The van der Waals surface area contributed by atoms with Gasteiger partial charge in [0.25, 0.3) is 11.7 Å². The SMILES string of the molecule is CC(C)N/C=C\C(=[NH2+])NC(=O)c1cc(Oc2ccc(C(=O)N3CCC3)cc2Cl)cc(O[C@@H](C)CO)c1. The molecule has 192 valence electrons. The maximum Gasteiger partial charge on any atom is 0.339 e. The predicted molar refractivity (Wildman–Crippen MR) is 137 cm³/mol. The average molecular weight is 516 g/mol. The first-order valence-corrected chi connectivity index (χ1v) is 12.1. The van der Waals surface area contributed by atoms with Gasteiger partial charge in [-0.05, 0) is 57.5 Å². The van der Waals surface area contributed by atoms with E-state index in [1.54, 1.807) is 48.4 Å². The van der Waals surface area contributed by atoms with Gasteiger partial charge in [-0.15, -0.1) is 0 Å². The normalized spacial score (nSPS) is 13.8. The molecule has 1 aliphatic heterocycles. The largest absolute Gasteiger partial charge is 0.488 e. The van der Waals surface area contributed by atoms with E-state index in [0.717, 1.165) is 19.5 Å². The maximum absolute atomic E-state index is 12.9. The Kier molecular flexibility index (Phi) is 9.32. The molecule has 9 nitrogen and oxygen atoms in total. The Hall–Kier alpha value is -3.56. The molecule has 0 aromatic heterocycles. The van der Waals surface area contributed by atoms with E-state index in [0.29, 0.717) is 17.1 Å². The summed E-state index contributed by atoms with van der Waals surface area (Å²) >= 11 is 6.40. The first-order chi connectivity index (χ1) is 17.2. The summed E-state index contributed by atoms with van der Waals surface area (Å²) in [6.07, 6.45) is 3.69. The molecule has 0 unspecified atom stereocenters. The van der Waals surface area contributed by atoms with Crippen LogP contribution in [0.15, 0.2) is 48.7 Å². The lowest BCUT2D eigenvalue weighted by molar-refractivity contribution is -0.115. The highest BCUT2D eigenvalue weighted by atomic mass is 35.5. The van der Waals surface area contributed by atoms with Gasteiger partial charge in [-0.3, -0.25) is 10.2 Å². The molecular formula is C26H32ClN4O5+. The lowest BCUT2D eigenvalue weighted by Crippen LogP contribution is -2.49. The molecule has 1 aliphatic rings. The van der Waals surface area contributed by atoms with E-state index in [-0.39, 0.29) is 40.7 Å². The summed E-state index contributed by atoms with van der Waals surface area (Å²) in [5.41, 5.74) is 0.702. The summed E-state index contributed by atoms with van der Waals surface area (Å²) in [5.74, 6) is 0.502. The van der Waals surface area contributed by atoms with Gasteiger partial charge in [-0.2, -0.15) is 0 Å². The number of carbonyl (C=O) groups excluding carboxylic acids is 2. The van der Waals surface area contributed by atoms with Crippen LogP contribution in [0.5, 0.6) is 17.2 Å². The number of ether oxygens (including phenoxy) is 2. The Labute approximate surface area is 215 Å². The standard InChI is InChI=1S/C26H31ClN4O5/c1-16(2)29-8-7-24(28)30-25(33)19-11-20(35-17(3)15-32)14-21(12-19)36-23-6-5-18(13-22(23)27)26(34)31-9-4-10-31/h5-8,11-14,16-17,29,32H,4,9-10,15H2,1-3H3,(H2,28,30,33)/p+1/b8-7-/t17-/m0/s1. The zero-order valence-corrected chi connectivity index (χ0v) is 21.3. The third-order valence-electron chi connectivity index (χ3n) is 5.24. The van der Waals surface area contributed by atoms with Gasteiger partial charge in [0.15, 0.2) is 0 Å². The monoisotopic (exact) mass is 515 g/mol. The number of hydrogen-bond acceptors (Lipinski definition) is 6. The number of likely N-dealkylation sites (tertiary alicyclic amines) is 1. The number of nitrogens with one attached hydrogen (secondary N) is 2. The average Bonchev–Trinajstić information content (AvgIpc) is 2.78. The van der Waals surface area contributed by atoms with Crippen molar-refractivity contribution in [2.45, 2.75) is 39.3 Å². The Bertz CT molecular complexity index is 1150. The van der Waals surface area contributed by atoms with Crippen molar-refractivity contribution in [3.8, 4) is 17.2 Å². The van der Waals surface area contributed by atoms with Gasteiger partial charge < -0.3 is 24.8 Å². The molecule has 1 fully saturated rings. The summed E-state index contributed by atoms with van der Waals surface area (Å²) in [6.45, 7) is 6.91. The van der Waals surface area contributed by atoms with E-state index in [4.69, 9.17) is 26.5 Å². The minimum atomic E-state index is -0.506. The van der Waals surface area contributed by atoms with Crippen LogP contribution in [-0.2, 0) is 0 Å². The second-order valence-electron chi connectivity index (χ2n) is 8.76. The lowest BCUT2D eigenvalue weighted by Gasteiger charge is -2.31. The predicted octanol–water partition coefficient (Wildman–Crippen LogP) is 2.14. The van der Waals surface area contributed by atoms with E-state index in [1.807, 2.05) is 13.8 Å². The van der Waals surface area contributed by atoms with Crippen LogP contribution in [0.25, 0.3) is 0 Å². The molecule has 0 saturated carbocycles. The van der Waals surface area contributed by atoms with Crippen molar-refractivity contribution in [2.24, 2.45) is 0 Å². The van der Waals surface area contributed by atoms with E-state index in [9.17, 15) is 14.7 Å². The summed E-state index contributed by atoms with van der Waals surface area (Å²) in [5, 5.41) is 21.2. The molecule has 1 atom stereocenters. The van der Waals surface area contributed by atoms with E-state index in [2.05, 4.69) is 10.6 Å². The molecular weight excluding hydrogens is 484 g/mol. The molecule has 2 amide bonds. The first kappa shape index (κ1) is 27.0. The third kappa shape index (κ3) is 7.47. The van der Waals surface area contributed by atoms with E-state index in [1.165, 1.54) is 12.1 Å². The number of halogens is 1. The smallest absolute Gasteiger partial charge is 0.339 e. The summed E-state index contributed by atoms with van der Waals surface area (Å²) in [7, 11) is 0. The number of carbonyl (C=O) groups is 2. The van der Waals surface area contributed by atoms with Gasteiger partial charge in [0.1, 0.15) is 23.4 Å². The second kappa shape index (κ2) is 12.4. The van der Waals surface area contributed by atoms with Crippen LogP contribution in [0.1, 0.15) is 47.9 Å². The van der Waals surface area contributed by atoms with Crippen molar-refractivity contribution >= 4 is 29.3 Å². The molecule has 1 saturated heterocycles. The molecule has 36 heavy (non-hydrogen) atoms. The number of nitrogens with two attached hydrogens (primary N) is 1. The summed E-state index contributed by atoms with van der Waals surface area (Å²) < 4.78 is 11.6. The molecule has 0 radical (unpaired) electrons. The van der Waals surface area contributed by atoms with Crippen molar-refractivity contribution in [3.63, 3.8) is 0 Å². The van der Waals surface area contributed by atoms with Crippen LogP contribution in [0, 0.1) is 0 Å². The quantitative estimate of drug-likeness (QED) is 0.284. The number of rotatable bonds is 10. The Balaban J connectivity index is 1.81. The van der Waals surface area contributed by atoms with Gasteiger partial charge in [0.2, 0.25) is 0 Å². The fourth-order valence-corrected chi connectivity index (χ4v) is 3.44. The van der Waals surface area contributed by atoms with Crippen molar-refractivity contribution in [1.82, 2.24) is 15.5 Å². The van der Waals surface area contributed by atoms with Crippen molar-refractivity contribution in [3.05, 3.63) is 64.8 Å². The Morgan fingerprint density at radius 1 is 1.14 bits per heavy atom. The molecule has 0 spiro atoms. The highest BCUT2D eigenvalue weighted by Gasteiger charge is 2.23. The fraction of sp³-hybridized carbons (Fsp3) is 0.346. The molecule has 0 bridgehead atoms. The van der Waals surface area contributed by atoms with Crippen molar-refractivity contribution in [2.75, 3.05) is 19.7 Å². The maximum atomic E-state index is 12.9. The zero-order valence-electron chi connectivity index (χ0n) is 20.6. The van der Waals surface area contributed by atoms with Crippen LogP contribution in [0.4, 0.5) is 0 Å². The van der Waals surface area contributed by atoms with Crippen molar-refractivity contribution < 1.29 is 29.6 Å². The minimum Gasteiger partial charge on any atom is -0.488 e. The Morgan fingerprint density at radius 2 is 1.86 bits per heavy atom. The minimum absolute atomic E-state index is 0.0754. The molecule has 2 aromatic carbocycles. The molecule has 10 heteroatoms. The fourth-order valence-electron chi connectivity index (χ4n) is 3.22. The van der Waals surface area contributed by atoms with Gasteiger partial charge in [0.05, 0.1) is 17.2 Å². The second-order valence-corrected chi connectivity index (χ2v) is 9.17. The number of amides is 2. The summed E-state index contributed by atoms with van der Waals surface area (Å²) in [4.78, 5) is 27.1. The lowest BCUT2D eigenvalue weighted by atomic mass is 10.1. The number of amidine groups is 1. The van der Waals surface area contributed by atoms with Crippen LogP contribution in [-0.4, -0.2) is 59.5 Å². The topological polar surface area (TPSA) is 126 Å². The van der Waals surface area contributed by atoms with E-state index >= 15 is 0 Å². The number of aliphatic hydroxyl groups excluding tert-OH is 1. The van der Waals surface area contributed by atoms with Crippen molar-refractivity contribution in [1.29, 1.82) is 0 Å².